The summed E-state index contributed by atoms with van der Waals surface area (Å²) in [5.74, 6) is 0.239. The van der Waals surface area contributed by atoms with Crippen LogP contribution in [0.3, 0.4) is 0 Å². The Bertz CT molecular complexity index is 838. The van der Waals surface area contributed by atoms with Crippen LogP contribution in [0.5, 0.6) is 5.75 Å². The van der Waals surface area contributed by atoms with Crippen molar-refractivity contribution in [2.75, 3.05) is 5.73 Å². The van der Waals surface area contributed by atoms with Gasteiger partial charge < -0.3 is 15.8 Å². The Balaban J connectivity index is 2.12. The molecule has 21 heavy (non-hydrogen) atoms. The van der Waals surface area contributed by atoms with Gasteiger partial charge in [-0.3, -0.25) is 4.79 Å². The lowest BCUT2D eigenvalue weighted by atomic mass is 10.0. The third-order valence-electron chi connectivity index (χ3n) is 3.06. The van der Waals surface area contributed by atoms with Crippen molar-refractivity contribution in [3.8, 4) is 28.1 Å². The highest BCUT2D eigenvalue weighted by Gasteiger charge is 2.09. The van der Waals surface area contributed by atoms with Crippen molar-refractivity contribution in [1.82, 2.24) is 15.0 Å². The third-order valence-corrected chi connectivity index (χ3v) is 3.06. The van der Waals surface area contributed by atoms with E-state index in [9.17, 15) is 9.90 Å². The first-order valence-electron chi connectivity index (χ1n) is 6.24. The van der Waals surface area contributed by atoms with Gasteiger partial charge in [-0.05, 0) is 35.4 Å². The number of nitrogens with zero attached hydrogens (tertiary/aromatic N) is 2. The van der Waals surface area contributed by atoms with Crippen LogP contribution in [0.25, 0.3) is 22.4 Å². The van der Waals surface area contributed by atoms with Gasteiger partial charge in [0.05, 0.1) is 5.69 Å². The largest absolute Gasteiger partial charge is 0.507 e. The number of phenolic OH excluding ortho intramolecular Hbond substituents is 1. The molecule has 0 atom stereocenters. The highest BCUT2D eigenvalue weighted by molar-refractivity contribution is 5.75. The first-order valence-corrected chi connectivity index (χ1v) is 6.24. The Labute approximate surface area is 120 Å². The fraction of sp³-hybridized carbons (Fsp3) is 0. The van der Waals surface area contributed by atoms with Gasteiger partial charge in [-0.2, -0.15) is 0 Å². The van der Waals surface area contributed by atoms with Crippen molar-refractivity contribution < 1.29 is 5.11 Å². The zero-order valence-corrected chi connectivity index (χ0v) is 10.9. The van der Waals surface area contributed by atoms with Crippen LogP contribution in [0.2, 0.25) is 0 Å². The molecule has 0 radical (unpaired) electrons. The summed E-state index contributed by atoms with van der Waals surface area (Å²) in [5.41, 5.74) is 8.16. The van der Waals surface area contributed by atoms with Crippen LogP contribution in [0, 0.1) is 0 Å². The quantitative estimate of drug-likeness (QED) is 0.663. The molecule has 0 saturated heterocycles. The molecule has 0 unspecified atom stereocenters. The Morgan fingerprint density at radius 2 is 1.90 bits per heavy atom. The number of rotatable bonds is 2. The van der Waals surface area contributed by atoms with Crippen LogP contribution < -0.4 is 11.3 Å². The minimum Gasteiger partial charge on any atom is -0.507 e. The van der Waals surface area contributed by atoms with E-state index in [2.05, 4.69) is 15.0 Å². The van der Waals surface area contributed by atoms with Crippen LogP contribution >= 0.6 is 0 Å². The molecule has 0 aliphatic rings. The van der Waals surface area contributed by atoms with Crippen molar-refractivity contribution in [2.45, 2.75) is 0 Å². The third kappa shape index (κ3) is 2.59. The van der Waals surface area contributed by atoms with Gasteiger partial charge in [0.15, 0.2) is 0 Å². The topological polar surface area (TPSA) is 105 Å². The number of benzene rings is 1. The molecule has 2 aromatic heterocycles. The van der Waals surface area contributed by atoms with Crippen LogP contribution in [-0.4, -0.2) is 20.1 Å². The second-order valence-electron chi connectivity index (χ2n) is 4.47. The second-order valence-corrected chi connectivity index (χ2v) is 4.47. The molecule has 0 bridgehead atoms. The van der Waals surface area contributed by atoms with Crippen molar-refractivity contribution in [3.05, 3.63) is 59.1 Å². The summed E-state index contributed by atoms with van der Waals surface area (Å²) in [6, 6.07) is 9.95. The summed E-state index contributed by atoms with van der Waals surface area (Å²) in [4.78, 5) is 21.7. The molecular weight excluding hydrogens is 268 g/mol. The molecule has 0 aliphatic carbocycles. The lowest BCUT2D eigenvalue weighted by Crippen LogP contribution is -2.01. The van der Waals surface area contributed by atoms with Crippen molar-refractivity contribution >= 4 is 5.95 Å². The molecular formula is C15H12N4O2. The number of H-pyrrole nitrogens is 1. The number of nitrogen functional groups attached to an aromatic ring is 1. The summed E-state index contributed by atoms with van der Waals surface area (Å²) < 4.78 is 0. The smallest absolute Gasteiger partial charge is 0.247 e. The minimum atomic E-state index is -0.165. The summed E-state index contributed by atoms with van der Waals surface area (Å²) in [5, 5.41) is 10.0. The van der Waals surface area contributed by atoms with Gasteiger partial charge in [-0.15, -0.1) is 0 Å². The molecule has 6 heteroatoms. The van der Waals surface area contributed by atoms with E-state index >= 15 is 0 Å². The summed E-state index contributed by atoms with van der Waals surface area (Å²) in [6.45, 7) is 0. The zero-order valence-electron chi connectivity index (χ0n) is 10.9. The lowest BCUT2D eigenvalue weighted by molar-refractivity contribution is 0.477. The molecule has 0 spiro atoms. The van der Waals surface area contributed by atoms with Crippen molar-refractivity contribution in [3.63, 3.8) is 0 Å². The molecule has 4 N–H and O–H groups in total. The number of nitrogens with one attached hydrogen (secondary N) is 1. The van der Waals surface area contributed by atoms with Crippen molar-refractivity contribution in [1.29, 1.82) is 0 Å². The first kappa shape index (κ1) is 12.9. The van der Waals surface area contributed by atoms with E-state index in [1.165, 1.54) is 12.3 Å². The van der Waals surface area contributed by atoms with E-state index in [1.807, 2.05) is 0 Å². The Kier molecular flexibility index (Phi) is 3.12. The SMILES string of the molecule is Nc1nccc(-c2cc(-c3ccc(=O)[nH]c3)ccc2O)n1. The maximum atomic E-state index is 11.1. The Morgan fingerprint density at radius 1 is 1.10 bits per heavy atom. The molecule has 0 saturated carbocycles. The van der Waals surface area contributed by atoms with E-state index < -0.39 is 0 Å². The molecule has 2 heterocycles. The van der Waals surface area contributed by atoms with Gasteiger partial charge in [0.25, 0.3) is 0 Å². The van der Waals surface area contributed by atoms with Crippen LogP contribution in [-0.2, 0) is 0 Å². The van der Waals surface area contributed by atoms with Gasteiger partial charge in [0, 0.05) is 24.0 Å². The molecule has 6 nitrogen and oxygen atoms in total. The average molecular weight is 280 g/mol. The minimum absolute atomic E-state index is 0.0984. The number of aromatic amines is 1. The highest BCUT2D eigenvalue weighted by Crippen LogP contribution is 2.32. The fourth-order valence-electron chi connectivity index (χ4n) is 2.03. The van der Waals surface area contributed by atoms with Crippen LogP contribution in [0.1, 0.15) is 0 Å². The predicted molar refractivity (Wildman–Crippen MR) is 79.6 cm³/mol. The Morgan fingerprint density at radius 3 is 2.62 bits per heavy atom. The predicted octanol–water partition coefficient (Wildman–Crippen LogP) is 1.79. The summed E-state index contributed by atoms with van der Waals surface area (Å²) in [6.07, 6.45) is 3.15. The zero-order chi connectivity index (χ0) is 14.8. The van der Waals surface area contributed by atoms with Gasteiger partial charge in [-0.25, -0.2) is 9.97 Å². The molecule has 0 aliphatic heterocycles. The number of phenols is 1. The van der Waals surface area contributed by atoms with Crippen LogP contribution in [0.4, 0.5) is 5.95 Å². The summed E-state index contributed by atoms with van der Waals surface area (Å²) >= 11 is 0. The maximum Gasteiger partial charge on any atom is 0.247 e. The number of hydrogen-bond acceptors (Lipinski definition) is 5. The summed E-state index contributed by atoms with van der Waals surface area (Å²) in [7, 11) is 0. The van der Waals surface area contributed by atoms with Crippen LogP contribution in [0.15, 0.2) is 53.6 Å². The van der Waals surface area contributed by atoms with E-state index in [0.717, 1.165) is 11.1 Å². The number of aromatic nitrogens is 3. The fourth-order valence-corrected chi connectivity index (χ4v) is 2.03. The van der Waals surface area contributed by atoms with Gasteiger partial charge in [0.2, 0.25) is 11.5 Å². The normalized spacial score (nSPS) is 10.5. The number of hydrogen-bond donors (Lipinski definition) is 3. The number of anilines is 1. The van der Waals surface area contributed by atoms with Gasteiger partial charge >= 0.3 is 0 Å². The number of nitrogens with two attached hydrogens (primary N) is 1. The molecule has 104 valence electrons. The molecule has 3 rings (SSSR count). The molecule has 1 aromatic carbocycles. The highest BCUT2D eigenvalue weighted by atomic mass is 16.3. The van der Waals surface area contributed by atoms with E-state index in [1.54, 1.807) is 36.5 Å². The van der Waals surface area contributed by atoms with E-state index in [4.69, 9.17) is 5.73 Å². The molecule has 0 fully saturated rings. The molecule has 0 amide bonds. The number of pyridine rings is 1. The Hall–Kier alpha value is -3.15. The lowest BCUT2D eigenvalue weighted by Gasteiger charge is -2.08. The average Bonchev–Trinajstić information content (AvgIpc) is 2.49. The number of aromatic hydroxyl groups is 1. The van der Waals surface area contributed by atoms with Gasteiger partial charge in [0.1, 0.15) is 5.75 Å². The second kappa shape index (κ2) is 5.09. The monoisotopic (exact) mass is 280 g/mol. The molecule has 3 aromatic rings. The van der Waals surface area contributed by atoms with E-state index in [-0.39, 0.29) is 17.3 Å². The first-order chi connectivity index (χ1) is 10.1. The van der Waals surface area contributed by atoms with E-state index in [0.29, 0.717) is 11.3 Å². The van der Waals surface area contributed by atoms with Crippen molar-refractivity contribution in [2.24, 2.45) is 0 Å². The maximum absolute atomic E-state index is 11.1. The van der Waals surface area contributed by atoms with Gasteiger partial charge in [-0.1, -0.05) is 6.07 Å². The standard InChI is InChI=1S/C15H12N4O2/c16-15-17-6-5-12(19-15)11-7-9(1-3-13(11)20)10-2-4-14(21)18-8-10/h1-8,20H,(H,18,21)(H2,16,17,19).